The standard InChI is InChI=1S/C25H35N3O7S/c1-4-15-27(17-14-22-11-8-12-23(24(22)29)28(31)32)36(33,34)19-26(16-13-20(2)3)25(30)35-18-21-9-6-5-7-10-21/h5-12,20,23H,4,13-19H2,1-3H3. The second kappa shape index (κ2) is 13.9. The maximum Gasteiger partial charge on any atom is 0.411 e. The number of ketones is 1. The van der Waals surface area contributed by atoms with E-state index in [1.807, 2.05) is 51.1 Å². The van der Waals surface area contributed by atoms with E-state index in [0.29, 0.717) is 12.8 Å². The molecule has 198 valence electrons. The Hall–Kier alpha value is -3.05. The lowest BCUT2D eigenvalue weighted by molar-refractivity contribution is -0.494. The fourth-order valence-corrected chi connectivity index (χ4v) is 5.23. The van der Waals surface area contributed by atoms with Crippen LogP contribution in [0.1, 0.15) is 45.6 Å². The molecule has 1 unspecified atom stereocenters. The van der Waals surface area contributed by atoms with Crippen LogP contribution < -0.4 is 0 Å². The van der Waals surface area contributed by atoms with Crippen molar-refractivity contribution in [1.82, 2.24) is 9.21 Å². The van der Waals surface area contributed by atoms with Crippen LogP contribution in [0.15, 0.2) is 54.1 Å². The lowest BCUT2D eigenvalue weighted by Gasteiger charge is -2.28. The van der Waals surface area contributed by atoms with Gasteiger partial charge in [0.05, 0.1) is 0 Å². The molecule has 0 aliphatic heterocycles. The first-order valence-electron chi connectivity index (χ1n) is 12.0. The van der Waals surface area contributed by atoms with Crippen LogP contribution in [0.3, 0.4) is 0 Å². The number of rotatable bonds is 14. The molecule has 10 nitrogen and oxygen atoms in total. The summed E-state index contributed by atoms with van der Waals surface area (Å²) in [6, 6.07) is 7.66. The summed E-state index contributed by atoms with van der Waals surface area (Å²) in [6.45, 7) is 6.18. The largest absolute Gasteiger partial charge is 0.445 e. The Labute approximate surface area is 212 Å². The lowest BCUT2D eigenvalue weighted by atomic mass is 9.97. The van der Waals surface area contributed by atoms with Gasteiger partial charge in [-0.1, -0.05) is 63.3 Å². The highest BCUT2D eigenvalue weighted by atomic mass is 32.2. The molecule has 0 spiro atoms. The molecule has 0 fully saturated rings. The van der Waals surface area contributed by atoms with Gasteiger partial charge in [-0.15, -0.1) is 0 Å². The summed E-state index contributed by atoms with van der Waals surface area (Å²) in [7, 11) is -3.94. The van der Waals surface area contributed by atoms with Crippen LogP contribution >= 0.6 is 0 Å². The first-order chi connectivity index (χ1) is 17.0. The molecule has 0 bridgehead atoms. The number of nitro groups is 1. The van der Waals surface area contributed by atoms with Gasteiger partial charge >= 0.3 is 6.09 Å². The molecule has 1 atom stereocenters. The van der Waals surface area contributed by atoms with Crippen LogP contribution in [0.25, 0.3) is 0 Å². The van der Waals surface area contributed by atoms with Crippen LogP contribution in [0.2, 0.25) is 0 Å². The Bertz CT molecular complexity index is 1070. The van der Waals surface area contributed by atoms with Crippen LogP contribution in [0.4, 0.5) is 4.79 Å². The van der Waals surface area contributed by atoms with Gasteiger partial charge in [-0.05, 0) is 36.8 Å². The fourth-order valence-electron chi connectivity index (χ4n) is 3.61. The third-order valence-corrected chi connectivity index (χ3v) is 7.45. The zero-order valence-corrected chi connectivity index (χ0v) is 21.9. The zero-order chi connectivity index (χ0) is 26.7. The average molecular weight is 522 g/mol. The maximum atomic E-state index is 13.3. The van der Waals surface area contributed by atoms with Crippen molar-refractivity contribution >= 4 is 21.9 Å². The number of nitrogens with zero attached hydrogens (tertiary/aromatic N) is 3. The number of hydrogen-bond donors (Lipinski definition) is 0. The number of carbonyl (C=O) groups excluding carboxylic acids is 2. The SMILES string of the molecule is CCCN(CCC1=CC=CC([N+](=O)[O-])C1=O)S(=O)(=O)CN(CCC(C)C)C(=O)OCc1ccccc1. The van der Waals surface area contributed by atoms with Crippen molar-refractivity contribution in [2.24, 2.45) is 5.92 Å². The van der Waals surface area contributed by atoms with Crippen molar-refractivity contribution in [3.63, 3.8) is 0 Å². The van der Waals surface area contributed by atoms with Crippen molar-refractivity contribution in [2.45, 2.75) is 52.7 Å². The Morgan fingerprint density at radius 2 is 1.86 bits per heavy atom. The van der Waals surface area contributed by atoms with E-state index >= 15 is 0 Å². The summed E-state index contributed by atoms with van der Waals surface area (Å²) in [4.78, 5) is 36.8. The monoisotopic (exact) mass is 521 g/mol. The molecule has 1 aliphatic carbocycles. The van der Waals surface area contributed by atoms with Gasteiger partial charge in [-0.2, -0.15) is 0 Å². The molecule has 0 saturated heterocycles. The highest BCUT2D eigenvalue weighted by Crippen LogP contribution is 2.18. The summed E-state index contributed by atoms with van der Waals surface area (Å²) in [5, 5.41) is 11.1. The van der Waals surface area contributed by atoms with Crippen LogP contribution in [0, 0.1) is 16.0 Å². The Morgan fingerprint density at radius 3 is 2.47 bits per heavy atom. The molecule has 0 radical (unpaired) electrons. The van der Waals surface area contributed by atoms with E-state index in [-0.39, 0.29) is 44.2 Å². The highest BCUT2D eigenvalue weighted by molar-refractivity contribution is 7.89. The van der Waals surface area contributed by atoms with Gasteiger partial charge in [-0.3, -0.25) is 19.8 Å². The summed E-state index contributed by atoms with van der Waals surface area (Å²) >= 11 is 0. The molecule has 1 aliphatic rings. The summed E-state index contributed by atoms with van der Waals surface area (Å²) in [5.41, 5.74) is 0.993. The average Bonchev–Trinajstić information content (AvgIpc) is 2.83. The van der Waals surface area contributed by atoms with E-state index in [2.05, 4.69) is 0 Å². The smallest absolute Gasteiger partial charge is 0.411 e. The Balaban J connectivity index is 2.11. The van der Waals surface area contributed by atoms with Crippen molar-refractivity contribution in [3.8, 4) is 0 Å². The van der Waals surface area contributed by atoms with Crippen molar-refractivity contribution in [3.05, 3.63) is 69.8 Å². The number of amides is 1. The molecule has 0 saturated carbocycles. The van der Waals surface area contributed by atoms with Crippen molar-refractivity contribution < 1.29 is 27.7 Å². The molecule has 1 amide bonds. The van der Waals surface area contributed by atoms with Gasteiger partial charge in [0.2, 0.25) is 15.8 Å². The molecule has 1 aromatic carbocycles. The molecular formula is C25H35N3O7S. The van der Waals surface area contributed by atoms with Crippen LogP contribution in [0.5, 0.6) is 0 Å². The number of carbonyl (C=O) groups is 2. The number of sulfonamides is 1. The van der Waals surface area contributed by atoms with E-state index in [1.165, 1.54) is 27.4 Å². The van der Waals surface area contributed by atoms with E-state index in [9.17, 15) is 28.1 Å². The second-order valence-electron chi connectivity index (χ2n) is 9.05. The normalized spacial score (nSPS) is 15.8. The minimum absolute atomic E-state index is 0.0247. The Morgan fingerprint density at radius 1 is 1.17 bits per heavy atom. The van der Waals surface area contributed by atoms with Gasteiger partial charge < -0.3 is 4.74 Å². The fraction of sp³-hybridized carbons (Fsp3) is 0.520. The van der Waals surface area contributed by atoms with Gasteiger partial charge in [0, 0.05) is 30.1 Å². The molecule has 1 aromatic rings. The van der Waals surface area contributed by atoms with Crippen LogP contribution in [-0.4, -0.2) is 66.0 Å². The van der Waals surface area contributed by atoms with E-state index in [4.69, 9.17) is 4.74 Å². The minimum Gasteiger partial charge on any atom is -0.445 e. The minimum atomic E-state index is -3.94. The van der Waals surface area contributed by atoms with Gasteiger partial charge in [0.1, 0.15) is 12.5 Å². The van der Waals surface area contributed by atoms with Gasteiger partial charge in [0.15, 0.2) is 0 Å². The molecule has 2 rings (SSSR count). The predicted molar refractivity (Wildman–Crippen MR) is 136 cm³/mol. The third kappa shape index (κ3) is 8.87. The number of ether oxygens (including phenoxy) is 1. The van der Waals surface area contributed by atoms with Crippen molar-refractivity contribution in [1.29, 1.82) is 0 Å². The zero-order valence-electron chi connectivity index (χ0n) is 21.0. The molecule has 0 aromatic heterocycles. The molecule has 36 heavy (non-hydrogen) atoms. The first-order valence-corrected chi connectivity index (χ1v) is 13.6. The second-order valence-corrected chi connectivity index (χ2v) is 11.0. The third-order valence-electron chi connectivity index (χ3n) is 5.66. The van der Waals surface area contributed by atoms with Gasteiger partial charge in [0.25, 0.3) is 6.04 Å². The molecular weight excluding hydrogens is 486 g/mol. The first kappa shape index (κ1) is 29.2. The van der Waals surface area contributed by atoms with Gasteiger partial charge in [-0.25, -0.2) is 17.5 Å². The van der Waals surface area contributed by atoms with E-state index in [1.54, 1.807) is 0 Å². The number of allylic oxidation sites excluding steroid dienone is 2. The van der Waals surface area contributed by atoms with E-state index < -0.39 is 38.7 Å². The Kier molecular flexibility index (Phi) is 11.3. The number of benzene rings is 1. The molecule has 0 N–H and O–H groups in total. The lowest BCUT2D eigenvalue weighted by Crippen LogP contribution is -2.44. The molecule has 0 heterocycles. The predicted octanol–water partition coefficient (Wildman–Crippen LogP) is 3.77. The summed E-state index contributed by atoms with van der Waals surface area (Å²) < 4.78 is 33.3. The quantitative estimate of drug-likeness (QED) is 0.269. The van der Waals surface area contributed by atoms with Crippen molar-refractivity contribution in [2.75, 3.05) is 25.5 Å². The summed E-state index contributed by atoms with van der Waals surface area (Å²) in [6.07, 6.45) is 4.57. The number of hydrogen-bond acceptors (Lipinski definition) is 7. The van der Waals surface area contributed by atoms with Crippen LogP contribution in [-0.2, 0) is 26.2 Å². The molecule has 11 heteroatoms. The maximum absolute atomic E-state index is 13.3. The summed E-state index contributed by atoms with van der Waals surface area (Å²) in [5.74, 6) is -0.951. The highest BCUT2D eigenvalue weighted by Gasteiger charge is 2.33. The topological polar surface area (TPSA) is 127 Å². The van der Waals surface area contributed by atoms with E-state index in [0.717, 1.165) is 5.56 Å². The number of Topliss-reactive ketones (excluding diaryl/α,β-unsaturated/α-hetero) is 1.